The van der Waals surface area contributed by atoms with E-state index >= 15 is 0 Å². The Morgan fingerprint density at radius 3 is 1.78 bits per heavy atom. The summed E-state index contributed by atoms with van der Waals surface area (Å²) in [6.07, 6.45) is 0. The minimum absolute atomic E-state index is 0. The lowest BCUT2D eigenvalue weighted by atomic mass is 10.0. The number of anilines is 1. The van der Waals surface area contributed by atoms with Crippen molar-refractivity contribution in [2.45, 2.75) is 65.7 Å². The monoisotopic (exact) mass is 380 g/mol. The van der Waals surface area contributed by atoms with Crippen LogP contribution in [0.15, 0.2) is 4.79 Å². The van der Waals surface area contributed by atoms with Gasteiger partial charge in [0.1, 0.15) is 5.69 Å². The molecule has 7 heteroatoms. The Bertz CT molecular complexity index is 714. The number of aromatic hydroxyl groups is 1. The topological polar surface area (TPSA) is 80.0 Å². The predicted octanol–water partition coefficient (Wildman–Crippen LogP) is 0.255. The molecule has 7 nitrogen and oxygen atoms in total. The quantitative estimate of drug-likeness (QED) is 0.758. The molecule has 0 amide bonds. The summed E-state index contributed by atoms with van der Waals surface area (Å²) in [4.78, 5) is 19.9. The van der Waals surface area contributed by atoms with E-state index in [0.29, 0.717) is 35.2 Å². The van der Waals surface area contributed by atoms with Crippen molar-refractivity contribution in [1.82, 2.24) is 14.4 Å². The van der Waals surface area contributed by atoms with Crippen LogP contribution in [0, 0.1) is 0 Å². The molecule has 1 aromatic carbocycles. The molecular formula is C20H36N4O3. The summed E-state index contributed by atoms with van der Waals surface area (Å²) in [5.74, 6) is 0.212. The highest BCUT2D eigenvalue weighted by Crippen LogP contribution is 2.26. The summed E-state index contributed by atoms with van der Waals surface area (Å²) in [5, 5.41) is 11.3. The first kappa shape index (κ1) is 21.9. The van der Waals surface area contributed by atoms with Gasteiger partial charge in [0.25, 0.3) is 10.8 Å². The average molecular weight is 381 g/mol. The van der Waals surface area contributed by atoms with Crippen LogP contribution in [0.2, 0.25) is 0 Å². The number of hydrogen-bond donors (Lipinski definition) is 1. The molecule has 2 aliphatic rings. The molecule has 0 aromatic heterocycles. The Labute approximate surface area is 162 Å². The minimum Gasteiger partial charge on any atom is -0.870 e. The van der Waals surface area contributed by atoms with E-state index in [1.807, 2.05) is 0 Å². The van der Waals surface area contributed by atoms with E-state index in [2.05, 4.69) is 60.8 Å². The second kappa shape index (κ2) is 8.29. The second-order valence-corrected chi connectivity index (χ2v) is 8.24. The molecule has 2 saturated heterocycles. The van der Waals surface area contributed by atoms with Gasteiger partial charge in [-0.15, -0.1) is 0 Å². The van der Waals surface area contributed by atoms with Crippen molar-refractivity contribution >= 4 is 5.69 Å². The SMILES string of the molecule is CCN1C(C)CN(c2c(O)c(=[N+]3CC(C)N(CC)C(C)C3)c2=O)CC1C.[OH-]. The molecular weight excluding hydrogens is 344 g/mol. The van der Waals surface area contributed by atoms with Gasteiger partial charge in [0.15, 0.2) is 13.1 Å². The zero-order valence-corrected chi connectivity index (χ0v) is 17.6. The fourth-order valence-corrected chi connectivity index (χ4v) is 5.29. The summed E-state index contributed by atoms with van der Waals surface area (Å²) in [6.45, 7) is 18.4. The highest BCUT2D eigenvalue weighted by atomic mass is 16.3. The van der Waals surface area contributed by atoms with Gasteiger partial charge >= 0.3 is 0 Å². The predicted molar refractivity (Wildman–Crippen MR) is 109 cm³/mol. The Morgan fingerprint density at radius 1 is 0.926 bits per heavy atom. The van der Waals surface area contributed by atoms with Crippen LogP contribution in [-0.2, 0) is 0 Å². The maximum Gasteiger partial charge on any atom is 0.294 e. The van der Waals surface area contributed by atoms with Gasteiger partial charge in [-0.3, -0.25) is 14.6 Å². The Kier molecular flexibility index (Phi) is 6.71. The normalized spacial score (nSPS) is 30.6. The highest BCUT2D eigenvalue weighted by Gasteiger charge is 2.38. The molecule has 4 atom stereocenters. The molecule has 0 spiro atoms. The van der Waals surface area contributed by atoms with E-state index in [4.69, 9.17) is 0 Å². The summed E-state index contributed by atoms with van der Waals surface area (Å²) >= 11 is 0. The van der Waals surface area contributed by atoms with Crippen molar-refractivity contribution in [1.29, 1.82) is 0 Å². The molecule has 3 rings (SSSR count). The van der Waals surface area contributed by atoms with Crippen molar-refractivity contribution < 1.29 is 10.6 Å². The van der Waals surface area contributed by atoms with Gasteiger partial charge in [0.2, 0.25) is 5.75 Å². The van der Waals surface area contributed by atoms with E-state index in [1.165, 1.54) is 0 Å². The van der Waals surface area contributed by atoms with Gasteiger partial charge in [0.05, 0.1) is 12.1 Å². The molecule has 0 bridgehead atoms. The van der Waals surface area contributed by atoms with Crippen LogP contribution < -0.4 is 20.3 Å². The summed E-state index contributed by atoms with van der Waals surface area (Å²) in [5.41, 5.74) is 0.559. The van der Waals surface area contributed by atoms with Crippen molar-refractivity contribution in [3.05, 3.63) is 15.6 Å². The molecule has 1 aromatic rings. The zero-order valence-electron chi connectivity index (χ0n) is 17.6. The molecule has 0 radical (unpaired) electrons. The van der Waals surface area contributed by atoms with E-state index in [-0.39, 0.29) is 16.7 Å². The maximum absolute atomic E-state index is 12.9. The number of rotatable bonds is 3. The van der Waals surface area contributed by atoms with Gasteiger partial charge < -0.3 is 15.5 Å². The average Bonchev–Trinajstić information content (AvgIpc) is 2.54. The lowest BCUT2D eigenvalue weighted by Crippen LogP contribution is -2.62. The van der Waals surface area contributed by atoms with Crippen LogP contribution >= 0.6 is 0 Å². The van der Waals surface area contributed by atoms with Crippen molar-refractivity contribution in [2.75, 3.05) is 44.2 Å². The molecule has 0 aliphatic carbocycles. The summed E-state index contributed by atoms with van der Waals surface area (Å²) in [7, 11) is 0. The Balaban J connectivity index is 0.00000261. The lowest BCUT2D eigenvalue weighted by molar-refractivity contribution is 0.109. The van der Waals surface area contributed by atoms with Gasteiger partial charge in [-0.2, -0.15) is 0 Å². The zero-order chi connectivity index (χ0) is 19.2. The first-order chi connectivity index (χ1) is 12.3. The molecule has 2 N–H and O–H groups in total. The highest BCUT2D eigenvalue weighted by molar-refractivity contribution is 5.63. The number of nitrogens with zero attached hydrogens (tertiary/aromatic N) is 4. The molecule has 4 unspecified atom stereocenters. The van der Waals surface area contributed by atoms with Gasteiger partial charge in [-0.05, 0) is 40.8 Å². The van der Waals surface area contributed by atoms with Crippen LogP contribution in [0.4, 0.5) is 5.69 Å². The first-order valence-electron chi connectivity index (χ1n) is 10.2. The molecule has 27 heavy (non-hydrogen) atoms. The number of likely N-dealkylation sites (N-methyl/N-ethyl adjacent to an activating group) is 2. The third kappa shape index (κ3) is 3.65. The third-order valence-corrected chi connectivity index (χ3v) is 6.44. The summed E-state index contributed by atoms with van der Waals surface area (Å²) in [6, 6.07) is 1.53. The minimum atomic E-state index is 0. The molecule has 2 fully saturated rings. The molecule has 154 valence electrons. The Morgan fingerprint density at radius 2 is 1.37 bits per heavy atom. The van der Waals surface area contributed by atoms with Crippen molar-refractivity contribution in [3.8, 4) is 5.75 Å². The van der Waals surface area contributed by atoms with Gasteiger partial charge in [-0.1, -0.05) is 13.8 Å². The second-order valence-electron chi connectivity index (χ2n) is 8.24. The third-order valence-electron chi connectivity index (χ3n) is 6.44. The van der Waals surface area contributed by atoms with Crippen LogP contribution in [-0.4, -0.2) is 83.8 Å². The fraction of sp³-hybridized carbons (Fsp3) is 0.800. The molecule has 0 saturated carbocycles. The molecule has 2 heterocycles. The standard InChI is InChI=1S/C20H34N4O2.H2O/c1-7-23-13(3)9-21(10-14(23)4)17-19(25)18(20(17)26)22-11-15(5)24(8-2)16(6)12-22;/h13-16H,7-12H2,1-6H3;1H2. The smallest absolute Gasteiger partial charge is 0.294 e. The van der Waals surface area contributed by atoms with Crippen molar-refractivity contribution in [3.63, 3.8) is 0 Å². The Hall–Kier alpha value is -1.44. The summed E-state index contributed by atoms with van der Waals surface area (Å²) < 4.78 is 2.10. The van der Waals surface area contributed by atoms with Crippen LogP contribution in [0.3, 0.4) is 0 Å². The fourth-order valence-electron chi connectivity index (χ4n) is 5.29. The maximum atomic E-state index is 12.9. The van der Waals surface area contributed by atoms with E-state index in [9.17, 15) is 9.90 Å². The van der Waals surface area contributed by atoms with Crippen LogP contribution in [0.1, 0.15) is 41.5 Å². The number of hydrogen-bond acceptors (Lipinski definition) is 6. The van der Waals surface area contributed by atoms with Crippen LogP contribution in [0.5, 0.6) is 5.75 Å². The van der Waals surface area contributed by atoms with Crippen LogP contribution in [0.25, 0.3) is 0 Å². The van der Waals surface area contributed by atoms with E-state index < -0.39 is 0 Å². The van der Waals surface area contributed by atoms with Gasteiger partial charge in [0, 0.05) is 25.2 Å². The first-order valence-corrected chi connectivity index (χ1v) is 10.2. The van der Waals surface area contributed by atoms with Gasteiger partial charge in [-0.25, -0.2) is 4.58 Å². The van der Waals surface area contributed by atoms with Crippen molar-refractivity contribution in [2.24, 2.45) is 0 Å². The van der Waals surface area contributed by atoms with E-state index in [0.717, 1.165) is 39.3 Å². The largest absolute Gasteiger partial charge is 0.870 e. The lowest BCUT2D eigenvalue weighted by Gasteiger charge is -2.45. The number of piperazine rings is 2. The van der Waals surface area contributed by atoms with E-state index in [1.54, 1.807) is 0 Å². The molecule has 2 aliphatic heterocycles.